The fourth-order valence-electron chi connectivity index (χ4n) is 2.56. The van der Waals surface area contributed by atoms with Gasteiger partial charge in [0, 0.05) is 12.1 Å². The maximum atomic E-state index is 12.1. The Morgan fingerprint density at radius 2 is 1.85 bits per heavy atom. The molecule has 2 rings (SSSR count). The second-order valence-corrected chi connectivity index (χ2v) is 5.01. The average Bonchev–Trinajstić information content (AvgIpc) is 2.38. The first-order valence-corrected chi connectivity index (χ1v) is 6.54. The molecule has 0 spiro atoms. The van der Waals surface area contributed by atoms with E-state index in [1.54, 1.807) is 0 Å². The molecule has 0 radical (unpaired) electrons. The molecule has 2 unspecified atom stereocenters. The number of hydrogen-bond acceptors (Lipinski definition) is 4. The average molecular weight is 279 g/mol. The van der Waals surface area contributed by atoms with E-state index in [1.165, 1.54) is 12.1 Å². The summed E-state index contributed by atoms with van der Waals surface area (Å²) in [4.78, 5) is 23.2. The molecule has 6 heteroatoms. The Kier molecular flexibility index (Phi) is 4.12. The predicted molar refractivity (Wildman–Crippen MR) is 70.6 cm³/mol. The Labute approximate surface area is 116 Å². The number of amides is 1. The zero-order valence-electron chi connectivity index (χ0n) is 10.9. The normalized spacial score (nSPS) is 22.2. The summed E-state index contributed by atoms with van der Waals surface area (Å²) in [5.74, 6) is -2.50. The van der Waals surface area contributed by atoms with Gasteiger partial charge in [0.15, 0.2) is 0 Å². The van der Waals surface area contributed by atoms with Crippen molar-refractivity contribution in [3.63, 3.8) is 0 Å². The van der Waals surface area contributed by atoms with Crippen LogP contribution in [0, 0.1) is 5.92 Å². The molecule has 4 N–H and O–H groups in total. The third-order valence-electron chi connectivity index (χ3n) is 3.63. The molecule has 0 bridgehead atoms. The molecule has 0 aliphatic heterocycles. The van der Waals surface area contributed by atoms with Gasteiger partial charge in [-0.2, -0.15) is 0 Å². The predicted octanol–water partition coefficient (Wildman–Crippen LogP) is 1.47. The van der Waals surface area contributed by atoms with Gasteiger partial charge in [-0.05, 0) is 25.0 Å². The third kappa shape index (κ3) is 3.01. The van der Waals surface area contributed by atoms with Gasteiger partial charge in [0.1, 0.15) is 11.5 Å². The Balaban J connectivity index is 2.11. The highest BCUT2D eigenvalue weighted by Crippen LogP contribution is 2.26. The first-order valence-electron chi connectivity index (χ1n) is 6.54. The lowest BCUT2D eigenvalue weighted by Crippen LogP contribution is -2.45. The highest BCUT2D eigenvalue weighted by Gasteiger charge is 2.32. The minimum atomic E-state index is -0.912. The number of aromatic hydroxyl groups is 2. The third-order valence-corrected chi connectivity index (χ3v) is 3.63. The van der Waals surface area contributed by atoms with E-state index in [4.69, 9.17) is 5.11 Å². The number of nitrogens with one attached hydrogen (secondary N) is 1. The number of phenols is 2. The highest BCUT2D eigenvalue weighted by molar-refractivity contribution is 5.97. The minimum Gasteiger partial charge on any atom is -0.508 e. The van der Waals surface area contributed by atoms with E-state index in [1.807, 2.05) is 0 Å². The molecule has 1 saturated carbocycles. The van der Waals surface area contributed by atoms with E-state index in [9.17, 15) is 19.8 Å². The quantitative estimate of drug-likeness (QED) is 0.670. The van der Waals surface area contributed by atoms with Crippen LogP contribution in [0.2, 0.25) is 0 Å². The summed E-state index contributed by atoms with van der Waals surface area (Å²) in [6, 6.07) is 3.25. The first kappa shape index (κ1) is 14.2. The minimum absolute atomic E-state index is 0.0255. The van der Waals surface area contributed by atoms with E-state index in [2.05, 4.69) is 5.32 Å². The number of hydrogen-bond donors (Lipinski definition) is 4. The van der Waals surface area contributed by atoms with Gasteiger partial charge < -0.3 is 20.6 Å². The van der Waals surface area contributed by atoms with Gasteiger partial charge in [-0.25, -0.2) is 0 Å². The molecule has 1 aromatic carbocycles. The standard InChI is InChI=1S/C14H17NO5/c16-8-5-6-10(12(17)7-8)13(18)15-11-4-2-1-3-9(11)14(19)20/h5-7,9,11,16-17H,1-4H2,(H,15,18)(H,19,20). The Hall–Kier alpha value is -2.24. The van der Waals surface area contributed by atoms with Gasteiger partial charge in [-0.15, -0.1) is 0 Å². The zero-order valence-corrected chi connectivity index (χ0v) is 10.9. The molecular weight excluding hydrogens is 262 g/mol. The van der Waals surface area contributed by atoms with Crippen LogP contribution in [0.15, 0.2) is 18.2 Å². The monoisotopic (exact) mass is 279 g/mol. The lowest BCUT2D eigenvalue weighted by molar-refractivity contribution is -0.143. The van der Waals surface area contributed by atoms with Crippen molar-refractivity contribution in [1.29, 1.82) is 0 Å². The van der Waals surface area contributed by atoms with Crippen molar-refractivity contribution in [1.82, 2.24) is 5.32 Å². The summed E-state index contributed by atoms with van der Waals surface area (Å²) in [5.41, 5.74) is 0.0255. The molecule has 1 aromatic rings. The molecule has 0 aromatic heterocycles. The van der Waals surface area contributed by atoms with Crippen molar-refractivity contribution in [3.05, 3.63) is 23.8 Å². The van der Waals surface area contributed by atoms with Crippen LogP contribution in [0.4, 0.5) is 0 Å². The second-order valence-electron chi connectivity index (χ2n) is 5.01. The van der Waals surface area contributed by atoms with E-state index in [-0.39, 0.29) is 17.1 Å². The van der Waals surface area contributed by atoms with Crippen molar-refractivity contribution in [2.24, 2.45) is 5.92 Å². The zero-order chi connectivity index (χ0) is 14.7. The summed E-state index contributed by atoms with van der Waals surface area (Å²) < 4.78 is 0. The molecule has 0 heterocycles. The summed E-state index contributed by atoms with van der Waals surface area (Å²) in [5, 5.41) is 30.6. The number of carbonyl (C=O) groups is 2. The molecule has 1 amide bonds. The fourth-order valence-corrected chi connectivity index (χ4v) is 2.56. The highest BCUT2D eigenvalue weighted by atomic mass is 16.4. The summed E-state index contributed by atoms with van der Waals surface area (Å²) in [6.45, 7) is 0. The molecule has 1 fully saturated rings. The van der Waals surface area contributed by atoms with Crippen LogP contribution < -0.4 is 5.32 Å². The number of rotatable bonds is 3. The van der Waals surface area contributed by atoms with Gasteiger partial charge in [-0.3, -0.25) is 9.59 Å². The molecule has 6 nitrogen and oxygen atoms in total. The van der Waals surface area contributed by atoms with E-state index >= 15 is 0 Å². The number of carboxylic acid groups (broad SMARTS) is 1. The molecule has 108 valence electrons. The van der Waals surface area contributed by atoms with Crippen molar-refractivity contribution in [2.75, 3.05) is 0 Å². The van der Waals surface area contributed by atoms with Crippen LogP contribution in [0.1, 0.15) is 36.0 Å². The fraction of sp³-hybridized carbons (Fsp3) is 0.429. The molecule has 20 heavy (non-hydrogen) atoms. The molecule has 1 aliphatic rings. The Morgan fingerprint density at radius 1 is 1.15 bits per heavy atom. The topological polar surface area (TPSA) is 107 Å². The molecule has 1 aliphatic carbocycles. The van der Waals surface area contributed by atoms with Gasteiger partial charge in [-0.1, -0.05) is 12.8 Å². The molecule has 0 saturated heterocycles. The van der Waals surface area contributed by atoms with Crippen molar-refractivity contribution < 1.29 is 24.9 Å². The SMILES string of the molecule is O=C(NC1CCCCC1C(=O)O)c1ccc(O)cc1O. The number of aliphatic carboxylic acids is 1. The van der Waals surface area contributed by atoms with Crippen molar-refractivity contribution in [3.8, 4) is 11.5 Å². The van der Waals surface area contributed by atoms with Crippen LogP contribution in [-0.2, 0) is 4.79 Å². The number of phenolic OH excluding ortho intramolecular Hbond substituents is 2. The van der Waals surface area contributed by atoms with Crippen molar-refractivity contribution in [2.45, 2.75) is 31.7 Å². The van der Waals surface area contributed by atoms with Crippen LogP contribution in [-0.4, -0.2) is 33.2 Å². The Morgan fingerprint density at radius 3 is 2.50 bits per heavy atom. The second kappa shape index (κ2) is 5.81. The maximum absolute atomic E-state index is 12.1. The maximum Gasteiger partial charge on any atom is 0.308 e. The van der Waals surface area contributed by atoms with E-state index < -0.39 is 23.8 Å². The van der Waals surface area contributed by atoms with Gasteiger partial charge in [0.2, 0.25) is 0 Å². The van der Waals surface area contributed by atoms with Crippen molar-refractivity contribution >= 4 is 11.9 Å². The number of carbonyl (C=O) groups excluding carboxylic acids is 1. The largest absolute Gasteiger partial charge is 0.508 e. The van der Waals surface area contributed by atoms with Crippen LogP contribution in [0.25, 0.3) is 0 Å². The van der Waals surface area contributed by atoms with Gasteiger partial charge in [0.25, 0.3) is 5.91 Å². The summed E-state index contributed by atoms with van der Waals surface area (Å²) in [7, 11) is 0. The first-order chi connectivity index (χ1) is 9.49. The van der Waals surface area contributed by atoms with Gasteiger partial charge in [0.05, 0.1) is 11.5 Å². The molecule has 2 atom stereocenters. The Bertz CT molecular complexity index is 528. The van der Waals surface area contributed by atoms with E-state index in [0.717, 1.165) is 18.9 Å². The van der Waals surface area contributed by atoms with Crippen LogP contribution in [0.5, 0.6) is 11.5 Å². The molecular formula is C14H17NO5. The van der Waals surface area contributed by atoms with E-state index in [0.29, 0.717) is 12.8 Å². The lowest BCUT2D eigenvalue weighted by atomic mass is 9.84. The lowest BCUT2D eigenvalue weighted by Gasteiger charge is -2.29. The number of carboxylic acids is 1. The van der Waals surface area contributed by atoms with Gasteiger partial charge >= 0.3 is 5.97 Å². The smallest absolute Gasteiger partial charge is 0.308 e. The summed E-state index contributed by atoms with van der Waals surface area (Å²) in [6.07, 6.45) is 2.87. The van der Waals surface area contributed by atoms with Crippen LogP contribution in [0.3, 0.4) is 0 Å². The number of benzene rings is 1. The summed E-state index contributed by atoms with van der Waals surface area (Å²) >= 11 is 0. The van der Waals surface area contributed by atoms with Crippen LogP contribution >= 0.6 is 0 Å².